The van der Waals surface area contributed by atoms with Crippen molar-refractivity contribution in [1.29, 1.82) is 0 Å². The normalized spacial score (nSPS) is 17.3. The molecular formula is C19H23N5O2. The Morgan fingerprint density at radius 2 is 2.12 bits per heavy atom. The summed E-state index contributed by atoms with van der Waals surface area (Å²) >= 11 is 0. The van der Waals surface area contributed by atoms with Crippen LogP contribution in [0, 0.1) is 6.92 Å². The maximum absolute atomic E-state index is 5.86. The number of hydrogen-bond acceptors (Lipinski definition) is 6. The average Bonchev–Trinajstić information content (AvgIpc) is 3.28. The number of aromatic nitrogens is 4. The van der Waals surface area contributed by atoms with Crippen molar-refractivity contribution >= 4 is 0 Å². The third kappa shape index (κ3) is 4.00. The molecule has 7 nitrogen and oxygen atoms in total. The summed E-state index contributed by atoms with van der Waals surface area (Å²) in [5.41, 5.74) is 3.35. The van der Waals surface area contributed by atoms with Gasteiger partial charge in [-0.2, -0.15) is 5.10 Å². The van der Waals surface area contributed by atoms with Crippen LogP contribution < -0.4 is 0 Å². The Balaban J connectivity index is 1.34. The summed E-state index contributed by atoms with van der Waals surface area (Å²) < 4.78 is 13.2. The van der Waals surface area contributed by atoms with Gasteiger partial charge in [-0.3, -0.25) is 14.6 Å². The van der Waals surface area contributed by atoms with Crippen LogP contribution in [0.5, 0.6) is 0 Å². The van der Waals surface area contributed by atoms with Crippen molar-refractivity contribution in [3.05, 3.63) is 65.6 Å². The fourth-order valence-corrected chi connectivity index (χ4v) is 3.41. The monoisotopic (exact) mass is 353 g/mol. The zero-order chi connectivity index (χ0) is 17.8. The van der Waals surface area contributed by atoms with Gasteiger partial charge in [-0.1, -0.05) is 5.16 Å². The van der Waals surface area contributed by atoms with Gasteiger partial charge in [-0.05, 0) is 37.1 Å². The van der Waals surface area contributed by atoms with E-state index in [1.807, 2.05) is 31.3 Å². The Kier molecular flexibility index (Phi) is 5.08. The topological polar surface area (TPSA) is 69.2 Å². The van der Waals surface area contributed by atoms with Crippen molar-refractivity contribution in [3.8, 4) is 0 Å². The first-order chi connectivity index (χ1) is 12.8. The quantitative estimate of drug-likeness (QED) is 0.608. The standard InChI is InChI=1S/C19H23N5O2/c1-15-10-17(22-26-15)11-23-12-18-4-8-21-24(18)19(13-23)5-9-25-14-16-2-6-20-7-3-16/h2-4,6-8,10,19H,5,9,11-14H2,1H3/t19-/m1/s1. The number of nitrogens with zero attached hydrogens (tertiary/aromatic N) is 5. The summed E-state index contributed by atoms with van der Waals surface area (Å²) in [7, 11) is 0. The molecule has 1 aliphatic heterocycles. The number of fused-ring (bicyclic) bond motifs is 1. The molecule has 26 heavy (non-hydrogen) atoms. The van der Waals surface area contributed by atoms with Crippen molar-refractivity contribution in [1.82, 2.24) is 24.8 Å². The highest BCUT2D eigenvalue weighted by Gasteiger charge is 2.26. The lowest BCUT2D eigenvalue weighted by atomic mass is 10.1. The molecule has 0 saturated heterocycles. The minimum absolute atomic E-state index is 0.305. The molecule has 0 N–H and O–H groups in total. The highest BCUT2D eigenvalue weighted by Crippen LogP contribution is 2.24. The van der Waals surface area contributed by atoms with Gasteiger partial charge in [-0.15, -0.1) is 0 Å². The van der Waals surface area contributed by atoms with Crippen LogP contribution in [0.2, 0.25) is 0 Å². The SMILES string of the molecule is Cc1cc(CN2Cc3ccnn3[C@H](CCOCc3ccncc3)C2)no1. The molecule has 4 heterocycles. The predicted octanol–water partition coefficient (Wildman–Crippen LogP) is 2.74. The summed E-state index contributed by atoms with van der Waals surface area (Å²) in [6.45, 7) is 5.83. The van der Waals surface area contributed by atoms with Crippen LogP contribution in [0.15, 0.2) is 47.4 Å². The number of aryl methyl sites for hydroxylation is 1. The summed E-state index contributed by atoms with van der Waals surface area (Å²) in [6.07, 6.45) is 6.39. The predicted molar refractivity (Wildman–Crippen MR) is 95.1 cm³/mol. The summed E-state index contributed by atoms with van der Waals surface area (Å²) in [5.74, 6) is 0.850. The molecule has 3 aromatic rings. The summed E-state index contributed by atoms with van der Waals surface area (Å²) in [4.78, 5) is 6.42. The van der Waals surface area contributed by atoms with Gasteiger partial charge in [0.15, 0.2) is 0 Å². The van der Waals surface area contributed by atoms with Crippen molar-refractivity contribution in [3.63, 3.8) is 0 Å². The zero-order valence-corrected chi connectivity index (χ0v) is 14.9. The molecule has 0 unspecified atom stereocenters. The first-order valence-corrected chi connectivity index (χ1v) is 8.91. The van der Waals surface area contributed by atoms with E-state index >= 15 is 0 Å². The van der Waals surface area contributed by atoms with Crippen LogP contribution in [-0.2, 0) is 24.4 Å². The zero-order valence-electron chi connectivity index (χ0n) is 14.9. The molecule has 0 spiro atoms. The molecule has 1 atom stereocenters. The second-order valence-corrected chi connectivity index (χ2v) is 6.72. The molecule has 136 valence electrons. The van der Waals surface area contributed by atoms with E-state index in [1.54, 1.807) is 12.4 Å². The minimum Gasteiger partial charge on any atom is -0.377 e. The van der Waals surface area contributed by atoms with E-state index in [0.717, 1.165) is 43.1 Å². The first-order valence-electron chi connectivity index (χ1n) is 8.91. The van der Waals surface area contributed by atoms with Gasteiger partial charge in [0.2, 0.25) is 0 Å². The molecule has 0 aromatic carbocycles. The summed E-state index contributed by atoms with van der Waals surface area (Å²) in [6, 6.07) is 8.35. The van der Waals surface area contributed by atoms with Gasteiger partial charge in [0.1, 0.15) is 5.76 Å². The molecule has 0 amide bonds. The second-order valence-electron chi connectivity index (χ2n) is 6.72. The fourth-order valence-electron chi connectivity index (χ4n) is 3.41. The molecule has 3 aromatic heterocycles. The molecule has 1 aliphatic rings. The van der Waals surface area contributed by atoms with Gasteiger partial charge in [0, 0.05) is 50.9 Å². The maximum Gasteiger partial charge on any atom is 0.133 e. The third-order valence-corrected chi connectivity index (χ3v) is 4.63. The smallest absolute Gasteiger partial charge is 0.133 e. The Hall–Kier alpha value is -2.51. The lowest BCUT2D eigenvalue weighted by molar-refractivity contribution is 0.0867. The van der Waals surface area contributed by atoms with E-state index in [0.29, 0.717) is 19.3 Å². The molecule has 4 rings (SSSR count). The van der Waals surface area contributed by atoms with Gasteiger partial charge in [0.05, 0.1) is 24.0 Å². The maximum atomic E-state index is 5.86. The van der Waals surface area contributed by atoms with Gasteiger partial charge < -0.3 is 9.26 Å². The molecule has 0 saturated carbocycles. The molecule has 0 bridgehead atoms. The fraction of sp³-hybridized carbons (Fsp3) is 0.421. The molecule has 7 heteroatoms. The number of hydrogen-bond donors (Lipinski definition) is 0. The van der Waals surface area contributed by atoms with E-state index in [9.17, 15) is 0 Å². The molecular weight excluding hydrogens is 330 g/mol. The molecule has 0 fully saturated rings. The van der Waals surface area contributed by atoms with Crippen LogP contribution in [0.1, 0.15) is 35.2 Å². The van der Waals surface area contributed by atoms with E-state index in [4.69, 9.17) is 9.26 Å². The number of ether oxygens (including phenoxy) is 1. The van der Waals surface area contributed by atoms with Gasteiger partial charge in [-0.25, -0.2) is 0 Å². The Bertz CT molecular complexity index is 829. The Morgan fingerprint density at radius 3 is 2.92 bits per heavy atom. The number of pyridine rings is 1. The number of rotatable bonds is 7. The van der Waals surface area contributed by atoms with Crippen LogP contribution in [0.3, 0.4) is 0 Å². The van der Waals surface area contributed by atoms with Crippen molar-refractivity contribution in [2.75, 3.05) is 13.2 Å². The van der Waals surface area contributed by atoms with Crippen molar-refractivity contribution < 1.29 is 9.26 Å². The highest BCUT2D eigenvalue weighted by molar-refractivity contribution is 5.09. The average molecular weight is 353 g/mol. The van der Waals surface area contributed by atoms with E-state index in [2.05, 4.69) is 30.9 Å². The Labute approximate surface area is 152 Å². The van der Waals surface area contributed by atoms with Gasteiger partial charge >= 0.3 is 0 Å². The third-order valence-electron chi connectivity index (χ3n) is 4.63. The van der Waals surface area contributed by atoms with Crippen molar-refractivity contribution in [2.24, 2.45) is 0 Å². The van der Waals surface area contributed by atoms with Crippen LogP contribution >= 0.6 is 0 Å². The minimum atomic E-state index is 0.305. The van der Waals surface area contributed by atoms with Crippen molar-refractivity contribution in [2.45, 2.75) is 39.1 Å². The largest absolute Gasteiger partial charge is 0.377 e. The van der Waals surface area contributed by atoms with Gasteiger partial charge in [0.25, 0.3) is 0 Å². The summed E-state index contributed by atoms with van der Waals surface area (Å²) in [5, 5.41) is 8.63. The highest BCUT2D eigenvalue weighted by atomic mass is 16.5. The first kappa shape index (κ1) is 16.9. The Morgan fingerprint density at radius 1 is 1.23 bits per heavy atom. The molecule has 0 aliphatic carbocycles. The lowest BCUT2D eigenvalue weighted by Gasteiger charge is -2.33. The van der Waals surface area contributed by atoms with E-state index < -0.39 is 0 Å². The molecule has 0 radical (unpaired) electrons. The van der Waals surface area contributed by atoms with Crippen LogP contribution in [-0.4, -0.2) is 38.0 Å². The van der Waals surface area contributed by atoms with E-state index in [-0.39, 0.29) is 0 Å². The second kappa shape index (κ2) is 7.80. The van der Waals surface area contributed by atoms with Crippen LogP contribution in [0.4, 0.5) is 0 Å². The lowest BCUT2D eigenvalue weighted by Crippen LogP contribution is -2.37. The van der Waals surface area contributed by atoms with Crippen LogP contribution in [0.25, 0.3) is 0 Å². The van der Waals surface area contributed by atoms with E-state index in [1.165, 1.54) is 5.69 Å².